The maximum Gasteiger partial charge on any atom is 0.0762 e. The number of nitrogens with zero attached hydrogens (tertiary/aromatic N) is 2. The second kappa shape index (κ2) is 5.78. The summed E-state index contributed by atoms with van der Waals surface area (Å²) in [6, 6.07) is 2.99. The number of hydrogen-bond acceptors (Lipinski definition) is 3. The van der Waals surface area contributed by atoms with Gasteiger partial charge >= 0.3 is 0 Å². The van der Waals surface area contributed by atoms with Crippen LogP contribution in [0.2, 0.25) is 0 Å². The predicted octanol–water partition coefficient (Wildman–Crippen LogP) is 1.46. The highest BCUT2D eigenvalue weighted by Gasteiger charge is 2.17. The van der Waals surface area contributed by atoms with Crippen LogP contribution in [0.4, 0.5) is 0 Å². The van der Waals surface area contributed by atoms with Crippen molar-refractivity contribution in [2.45, 2.75) is 45.3 Å². The van der Waals surface area contributed by atoms with Crippen LogP contribution in [0.15, 0.2) is 12.3 Å². The summed E-state index contributed by atoms with van der Waals surface area (Å²) in [4.78, 5) is 0. The summed E-state index contributed by atoms with van der Waals surface area (Å²) < 4.78 is 13.2. The van der Waals surface area contributed by atoms with Gasteiger partial charge in [0.1, 0.15) is 0 Å². The predicted molar refractivity (Wildman–Crippen MR) is 70.4 cm³/mol. The Morgan fingerprint density at radius 3 is 2.82 bits per heavy atom. The average molecular weight is 255 g/mol. The minimum atomic E-state index is -0.571. The fourth-order valence-electron chi connectivity index (χ4n) is 2.01. The van der Waals surface area contributed by atoms with E-state index >= 15 is 0 Å². The quantitative estimate of drug-likeness (QED) is 0.886. The zero-order valence-corrected chi connectivity index (χ0v) is 11.4. The largest absolute Gasteiger partial charge is 0.308 e. The Kier molecular flexibility index (Phi) is 4.34. The van der Waals surface area contributed by atoms with Crippen molar-refractivity contribution in [3.05, 3.63) is 18.0 Å². The van der Waals surface area contributed by atoms with E-state index in [1.165, 1.54) is 0 Å². The molecule has 5 heteroatoms. The lowest BCUT2D eigenvalue weighted by Gasteiger charge is -2.22. The average Bonchev–Trinajstić information content (AvgIpc) is 2.77. The Morgan fingerprint density at radius 2 is 2.24 bits per heavy atom. The molecule has 0 saturated carbocycles. The molecule has 0 aromatic carbocycles. The van der Waals surface area contributed by atoms with Crippen molar-refractivity contribution in [1.82, 2.24) is 15.1 Å². The first kappa shape index (κ1) is 12.8. The molecule has 0 spiro atoms. The lowest BCUT2D eigenvalue weighted by atomic mass is 10.1. The topological polar surface area (TPSA) is 46.9 Å². The van der Waals surface area contributed by atoms with Crippen LogP contribution < -0.4 is 5.32 Å². The molecule has 2 heterocycles. The smallest absolute Gasteiger partial charge is 0.0762 e. The summed E-state index contributed by atoms with van der Waals surface area (Å²) in [5, 5.41) is 8.00. The molecule has 2 rings (SSSR count). The van der Waals surface area contributed by atoms with E-state index in [0.29, 0.717) is 12.1 Å². The van der Waals surface area contributed by atoms with Crippen LogP contribution in [0, 0.1) is 0 Å². The lowest BCUT2D eigenvalue weighted by Crippen LogP contribution is -2.35. The van der Waals surface area contributed by atoms with E-state index in [1.54, 1.807) is 0 Å². The second-order valence-corrected chi connectivity index (χ2v) is 6.58. The van der Waals surface area contributed by atoms with E-state index in [0.717, 1.165) is 36.6 Å². The molecule has 0 radical (unpaired) electrons. The fourth-order valence-corrected chi connectivity index (χ4v) is 3.31. The number of hydrogen-bond donors (Lipinski definition) is 1. The Hall–Kier alpha value is -0.680. The molecule has 1 saturated heterocycles. The van der Waals surface area contributed by atoms with Crippen molar-refractivity contribution in [2.24, 2.45) is 0 Å². The van der Waals surface area contributed by atoms with Gasteiger partial charge in [0, 0.05) is 47.1 Å². The van der Waals surface area contributed by atoms with Gasteiger partial charge in [-0.1, -0.05) is 0 Å². The molecule has 1 aromatic rings. The molecular formula is C12H21N3OS. The summed E-state index contributed by atoms with van der Waals surface area (Å²) >= 11 is 0. The van der Waals surface area contributed by atoms with Crippen LogP contribution in [0.25, 0.3) is 0 Å². The van der Waals surface area contributed by atoms with Crippen molar-refractivity contribution in [3.63, 3.8) is 0 Å². The first-order valence-corrected chi connectivity index (χ1v) is 7.76. The monoisotopic (exact) mass is 255 g/mol. The van der Waals surface area contributed by atoms with Gasteiger partial charge in [-0.25, -0.2) is 0 Å². The molecule has 0 bridgehead atoms. The summed E-state index contributed by atoms with van der Waals surface area (Å²) in [7, 11) is -0.571. The third-order valence-electron chi connectivity index (χ3n) is 3.15. The van der Waals surface area contributed by atoms with Crippen LogP contribution >= 0.6 is 0 Å². The summed E-state index contributed by atoms with van der Waals surface area (Å²) in [6.45, 7) is 5.07. The van der Waals surface area contributed by atoms with Gasteiger partial charge < -0.3 is 5.32 Å². The van der Waals surface area contributed by atoms with Crippen LogP contribution in [0.5, 0.6) is 0 Å². The molecule has 0 aliphatic carbocycles. The van der Waals surface area contributed by atoms with Gasteiger partial charge in [0.15, 0.2) is 0 Å². The standard InChI is InChI=1S/C12H21N3OS/c1-10(2)15-6-3-12(14-15)9-13-11-4-7-17(16)8-5-11/h3,6,10-11,13H,4-5,7-9H2,1-2H3. The molecule has 1 fully saturated rings. The Morgan fingerprint density at radius 1 is 1.53 bits per heavy atom. The molecular weight excluding hydrogens is 234 g/mol. The molecule has 1 N–H and O–H groups in total. The highest BCUT2D eigenvalue weighted by atomic mass is 32.2. The van der Waals surface area contributed by atoms with E-state index in [-0.39, 0.29) is 0 Å². The van der Waals surface area contributed by atoms with Gasteiger partial charge in [-0.05, 0) is 32.8 Å². The first-order chi connectivity index (χ1) is 8.15. The summed E-state index contributed by atoms with van der Waals surface area (Å²) in [6.07, 6.45) is 4.08. The van der Waals surface area contributed by atoms with E-state index < -0.39 is 10.8 Å². The zero-order chi connectivity index (χ0) is 12.3. The Bertz CT molecular complexity index is 379. The highest BCUT2D eigenvalue weighted by Crippen LogP contribution is 2.10. The Balaban J connectivity index is 1.79. The van der Waals surface area contributed by atoms with Crippen LogP contribution in [0.3, 0.4) is 0 Å². The minimum Gasteiger partial charge on any atom is -0.308 e. The van der Waals surface area contributed by atoms with Gasteiger partial charge in [0.2, 0.25) is 0 Å². The van der Waals surface area contributed by atoms with E-state index in [2.05, 4.69) is 30.3 Å². The number of nitrogens with one attached hydrogen (secondary N) is 1. The highest BCUT2D eigenvalue weighted by molar-refractivity contribution is 7.85. The third kappa shape index (κ3) is 3.64. The van der Waals surface area contributed by atoms with Crippen molar-refractivity contribution in [2.75, 3.05) is 11.5 Å². The third-order valence-corrected chi connectivity index (χ3v) is 4.53. The van der Waals surface area contributed by atoms with E-state index in [9.17, 15) is 4.21 Å². The summed E-state index contributed by atoms with van der Waals surface area (Å²) in [5.74, 6) is 1.69. The van der Waals surface area contributed by atoms with E-state index in [4.69, 9.17) is 0 Å². The molecule has 17 heavy (non-hydrogen) atoms. The van der Waals surface area contributed by atoms with Gasteiger partial charge in [-0.3, -0.25) is 8.89 Å². The zero-order valence-electron chi connectivity index (χ0n) is 10.6. The van der Waals surface area contributed by atoms with Crippen LogP contribution in [0.1, 0.15) is 38.4 Å². The molecule has 1 aliphatic heterocycles. The normalized spacial score (nSPS) is 25.4. The molecule has 0 unspecified atom stereocenters. The lowest BCUT2D eigenvalue weighted by molar-refractivity contribution is 0.464. The molecule has 1 aromatic heterocycles. The maximum atomic E-state index is 11.2. The Labute approximate surface area is 105 Å². The number of rotatable bonds is 4. The van der Waals surface area contributed by atoms with Gasteiger partial charge in [0.25, 0.3) is 0 Å². The van der Waals surface area contributed by atoms with Crippen molar-refractivity contribution in [3.8, 4) is 0 Å². The molecule has 96 valence electrons. The molecule has 1 aliphatic rings. The van der Waals surface area contributed by atoms with Crippen molar-refractivity contribution in [1.29, 1.82) is 0 Å². The van der Waals surface area contributed by atoms with Gasteiger partial charge in [0.05, 0.1) is 5.69 Å². The van der Waals surface area contributed by atoms with Crippen LogP contribution in [-0.4, -0.2) is 31.5 Å². The maximum absolute atomic E-state index is 11.2. The van der Waals surface area contributed by atoms with Gasteiger partial charge in [-0.2, -0.15) is 5.10 Å². The number of aromatic nitrogens is 2. The SMILES string of the molecule is CC(C)n1ccc(CNC2CCS(=O)CC2)n1. The van der Waals surface area contributed by atoms with Crippen LogP contribution in [-0.2, 0) is 17.3 Å². The van der Waals surface area contributed by atoms with Crippen molar-refractivity contribution >= 4 is 10.8 Å². The van der Waals surface area contributed by atoms with Gasteiger partial charge in [-0.15, -0.1) is 0 Å². The first-order valence-electron chi connectivity index (χ1n) is 6.27. The van der Waals surface area contributed by atoms with E-state index in [1.807, 2.05) is 10.9 Å². The molecule has 0 amide bonds. The van der Waals surface area contributed by atoms with Crippen molar-refractivity contribution < 1.29 is 4.21 Å². The molecule has 4 nitrogen and oxygen atoms in total. The second-order valence-electron chi connectivity index (χ2n) is 4.88. The summed E-state index contributed by atoms with van der Waals surface area (Å²) in [5.41, 5.74) is 1.09. The fraction of sp³-hybridized carbons (Fsp3) is 0.750. The minimum absolute atomic E-state index is 0.417. The molecule has 0 atom stereocenters.